The van der Waals surface area contributed by atoms with E-state index >= 15 is 0 Å². The van der Waals surface area contributed by atoms with Crippen molar-refractivity contribution in [3.8, 4) is 0 Å². The van der Waals surface area contributed by atoms with Gasteiger partial charge in [-0.3, -0.25) is 0 Å². The first-order chi connectivity index (χ1) is 9.98. The van der Waals surface area contributed by atoms with Gasteiger partial charge in [0.15, 0.2) is 5.79 Å². The second kappa shape index (κ2) is 5.84. The van der Waals surface area contributed by atoms with Crippen molar-refractivity contribution >= 4 is 31.9 Å². The van der Waals surface area contributed by atoms with Crippen LogP contribution >= 0.6 is 31.9 Å². The van der Waals surface area contributed by atoms with Gasteiger partial charge in [0.05, 0.1) is 0 Å². The normalized spacial score (nSPS) is 24.2. The molecular formula is C17H16Br2O2. The zero-order valence-corrected chi connectivity index (χ0v) is 15.0. The lowest BCUT2D eigenvalue weighted by molar-refractivity contribution is -0.147. The van der Waals surface area contributed by atoms with Crippen LogP contribution in [-0.2, 0) is 9.47 Å². The first kappa shape index (κ1) is 15.2. The van der Waals surface area contributed by atoms with Gasteiger partial charge in [-0.25, -0.2) is 0 Å². The van der Waals surface area contributed by atoms with Gasteiger partial charge in [0, 0.05) is 8.95 Å². The lowest BCUT2D eigenvalue weighted by atomic mass is 9.98. The van der Waals surface area contributed by atoms with E-state index in [0.29, 0.717) is 0 Å². The van der Waals surface area contributed by atoms with E-state index in [1.165, 1.54) is 0 Å². The molecule has 1 aliphatic rings. The summed E-state index contributed by atoms with van der Waals surface area (Å²) in [5, 5.41) is 0. The van der Waals surface area contributed by atoms with Gasteiger partial charge in [0.1, 0.15) is 12.2 Å². The average Bonchev–Trinajstić information content (AvgIpc) is 2.75. The lowest BCUT2D eigenvalue weighted by Crippen LogP contribution is -2.20. The Morgan fingerprint density at radius 3 is 1.52 bits per heavy atom. The fourth-order valence-corrected chi connectivity index (χ4v) is 3.65. The van der Waals surface area contributed by atoms with Gasteiger partial charge in [0.25, 0.3) is 0 Å². The van der Waals surface area contributed by atoms with Crippen LogP contribution in [0.1, 0.15) is 37.2 Å². The largest absolute Gasteiger partial charge is 0.339 e. The van der Waals surface area contributed by atoms with Gasteiger partial charge in [-0.1, -0.05) is 68.3 Å². The summed E-state index contributed by atoms with van der Waals surface area (Å²) >= 11 is 7.23. The number of rotatable bonds is 2. The quantitative estimate of drug-likeness (QED) is 0.623. The van der Waals surface area contributed by atoms with Crippen LogP contribution < -0.4 is 0 Å². The molecule has 0 bridgehead atoms. The maximum absolute atomic E-state index is 6.16. The molecule has 0 N–H and O–H groups in total. The van der Waals surface area contributed by atoms with Gasteiger partial charge in [0.2, 0.25) is 0 Å². The van der Waals surface area contributed by atoms with Crippen molar-refractivity contribution in [1.29, 1.82) is 0 Å². The van der Waals surface area contributed by atoms with Crippen LogP contribution in [0.5, 0.6) is 0 Å². The van der Waals surface area contributed by atoms with E-state index in [9.17, 15) is 0 Å². The molecule has 21 heavy (non-hydrogen) atoms. The summed E-state index contributed by atoms with van der Waals surface area (Å²) in [6.07, 6.45) is -0.288. The zero-order valence-electron chi connectivity index (χ0n) is 11.8. The molecule has 2 nitrogen and oxygen atoms in total. The number of hydrogen-bond acceptors (Lipinski definition) is 2. The number of benzene rings is 2. The fourth-order valence-electron chi connectivity index (χ4n) is 2.63. The summed E-state index contributed by atoms with van der Waals surface area (Å²) in [5.41, 5.74) is 2.20. The standard InChI is InChI=1S/C17H16Br2O2/c1-17(2)20-15(11-7-3-5-9-13(11)18)16(21-17)12-8-4-6-10-14(12)19/h3-10,15-16H,1-2H3/t15-,16+. The van der Waals surface area contributed by atoms with Crippen molar-refractivity contribution in [1.82, 2.24) is 0 Å². The zero-order chi connectivity index (χ0) is 15.0. The molecule has 0 saturated carbocycles. The smallest absolute Gasteiger partial charge is 0.164 e. The predicted molar refractivity (Wildman–Crippen MR) is 90.0 cm³/mol. The third-order valence-corrected chi connectivity index (χ3v) is 4.96. The van der Waals surface area contributed by atoms with Crippen LogP contribution in [0.25, 0.3) is 0 Å². The van der Waals surface area contributed by atoms with Crippen LogP contribution in [0.15, 0.2) is 57.5 Å². The molecular weight excluding hydrogens is 396 g/mol. The highest BCUT2D eigenvalue weighted by molar-refractivity contribution is 9.10. The summed E-state index contributed by atoms with van der Waals surface area (Å²) < 4.78 is 14.4. The summed E-state index contributed by atoms with van der Waals surface area (Å²) in [6.45, 7) is 3.90. The molecule has 2 aromatic carbocycles. The monoisotopic (exact) mass is 410 g/mol. The maximum atomic E-state index is 6.16. The van der Waals surface area contributed by atoms with E-state index in [2.05, 4.69) is 44.0 Å². The van der Waals surface area contributed by atoms with Crippen LogP contribution in [0.3, 0.4) is 0 Å². The molecule has 1 fully saturated rings. The summed E-state index contributed by atoms with van der Waals surface area (Å²) in [4.78, 5) is 0. The SMILES string of the molecule is CC1(C)O[C@H](c2ccccc2Br)[C@H](c2ccccc2Br)O1. The average molecular weight is 412 g/mol. The van der Waals surface area contributed by atoms with E-state index in [1.54, 1.807) is 0 Å². The van der Waals surface area contributed by atoms with Gasteiger partial charge in [-0.05, 0) is 37.1 Å². The highest BCUT2D eigenvalue weighted by Gasteiger charge is 2.44. The summed E-state index contributed by atoms with van der Waals surface area (Å²) in [7, 11) is 0. The Morgan fingerprint density at radius 2 is 1.14 bits per heavy atom. The number of hydrogen-bond donors (Lipinski definition) is 0. The minimum absolute atomic E-state index is 0.144. The molecule has 1 saturated heterocycles. The fraction of sp³-hybridized carbons (Fsp3) is 0.294. The second-order valence-electron chi connectivity index (χ2n) is 5.52. The molecule has 0 aromatic heterocycles. The highest BCUT2D eigenvalue weighted by atomic mass is 79.9. The molecule has 0 unspecified atom stereocenters. The van der Waals surface area contributed by atoms with Gasteiger partial charge in [-0.15, -0.1) is 0 Å². The van der Waals surface area contributed by atoms with Crippen molar-refractivity contribution in [2.75, 3.05) is 0 Å². The molecule has 0 amide bonds. The maximum Gasteiger partial charge on any atom is 0.164 e. The van der Waals surface area contributed by atoms with Crippen LogP contribution in [0, 0.1) is 0 Å². The highest BCUT2D eigenvalue weighted by Crippen LogP contribution is 2.49. The number of ether oxygens (including phenoxy) is 2. The molecule has 2 atom stereocenters. The van der Waals surface area contributed by atoms with Crippen LogP contribution in [0.4, 0.5) is 0 Å². The molecule has 0 spiro atoms. The van der Waals surface area contributed by atoms with Gasteiger partial charge < -0.3 is 9.47 Å². The molecule has 1 aliphatic heterocycles. The van der Waals surface area contributed by atoms with E-state index in [4.69, 9.17) is 9.47 Å². The second-order valence-corrected chi connectivity index (χ2v) is 7.23. The molecule has 110 valence electrons. The van der Waals surface area contributed by atoms with Gasteiger partial charge >= 0.3 is 0 Å². The van der Waals surface area contributed by atoms with Crippen LogP contribution in [0.2, 0.25) is 0 Å². The minimum atomic E-state index is -0.611. The Morgan fingerprint density at radius 1 is 0.762 bits per heavy atom. The molecule has 3 rings (SSSR count). The van der Waals surface area contributed by atoms with Crippen molar-refractivity contribution in [2.24, 2.45) is 0 Å². The topological polar surface area (TPSA) is 18.5 Å². The Kier molecular flexibility index (Phi) is 4.23. The van der Waals surface area contributed by atoms with Crippen molar-refractivity contribution in [3.63, 3.8) is 0 Å². The minimum Gasteiger partial charge on any atom is -0.339 e. The molecule has 4 heteroatoms. The Balaban J connectivity index is 2.06. The Hall–Kier alpha value is -0.680. The predicted octanol–water partition coefficient (Wildman–Crippen LogP) is 5.78. The first-order valence-electron chi connectivity index (χ1n) is 6.82. The Labute approximate surface area is 141 Å². The third-order valence-electron chi connectivity index (χ3n) is 3.52. The van der Waals surface area contributed by atoms with Gasteiger partial charge in [-0.2, -0.15) is 0 Å². The van der Waals surface area contributed by atoms with E-state index in [-0.39, 0.29) is 12.2 Å². The van der Waals surface area contributed by atoms with Crippen molar-refractivity contribution in [2.45, 2.75) is 31.8 Å². The molecule has 2 aromatic rings. The van der Waals surface area contributed by atoms with Crippen LogP contribution in [-0.4, -0.2) is 5.79 Å². The Bertz CT molecular complexity index is 599. The molecule has 0 radical (unpaired) electrons. The van der Waals surface area contributed by atoms with Crippen molar-refractivity contribution in [3.05, 3.63) is 68.6 Å². The van der Waals surface area contributed by atoms with E-state index in [0.717, 1.165) is 20.1 Å². The van der Waals surface area contributed by atoms with E-state index < -0.39 is 5.79 Å². The van der Waals surface area contributed by atoms with Crippen molar-refractivity contribution < 1.29 is 9.47 Å². The lowest BCUT2D eigenvalue weighted by Gasteiger charge is -2.19. The molecule has 1 heterocycles. The summed E-state index contributed by atoms with van der Waals surface area (Å²) in [6, 6.07) is 16.2. The third kappa shape index (κ3) is 3.09. The molecule has 0 aliphatic carbocycles. The van der Waals surface area contributed by atoms with E-state index in [1.807, 2.05) is 50.2 Å². The number of halogens is 2. The first-order valence-corrected chi connectivity index (χ1v) is 8.41. The summed E-state index contributed by atoms with van der Waals surface area (Å²) in [5.74, 6) is -0.611.